The second kappa shape index (κ2) is 8.50. The number of hydrogen-bond donors (Lipinski definition) is 3. The highest BCUT2D eigenvalue weighted by Gasteiger charge is 2.15. The summed E-state index contributed by atoms with van der Waals surface area (Å²) < 4.78 is 1.28. The summed E-state index contributed by atoms with van der Waals surface area (Å²) in [5, 5.41) is 14.3. The Hall–Kier alpha value is -3.77. The van der Waals surface area contributed by atoms with Crippen LogP contribution in [0.4, 0.5) is 33.5 Å². The molecule has 0 saturated heterocycles. The average molecular weight is 404 g/mol. The van der Waals surface area contributed by atoms with Crippen LogP contribution in [0.15, 0.2) is 91.0 Å². The maximum Gasteiger partial charge on any atom is 0.348 e. The molecular weight excluding hydrogens is 386 g/mol. The van der Waals surface area contributed by atoms with E-state index in [4.69, 9.17) is 11.6 Å². The Morgan fingerprint density at radius 1 is 0.759 bits per heavy atom. The molecule has 1 heterocycles. The molecule has 29 heavy (non-hydrogen) atoms. The molecular formula is C22H18ClN5O. The van der Waals surface area contributed by atoms with Crippen LogP contribution in [0.25, 0.3) is 0 Å². The van der Waals surface area contributed by atoms with Crippen molar-refractivity contribution >= 4 is 46.3 Å². The van der Waals surface area contributed by atoms with Gasteiger partial charge in [0.1, 0.15) is 5.82 Å². The van der Waals surface area contributed by atoms with E-state index in [1.807, 2.05) is 60.7 Å². The molecule has 0 aliphatic carbocycles. The molecule has 4 rings (SSSR count). The van der Waals surface area contributed by atoms with Gasteiger partial charge in [-0.1, -0.05) is 48.0 Å². The van der Waals surface area contributed by atoms with Crippen LogP contribution in [0.1, 0.15) is 0 Å². The van der Waals surface area contributed by atoms with Crippen LogP contribution in [0, 0.1) is 0 Å². The number of carbonyl (C=O) groups is 1. The fourth-order valence-electron chi connectivity index (χ4n) is 2.73. The Bertz CT molecular complexity index is 1100. The Balaban J connectivity index is 1.62. The van der Waals surface area contributed by atoms with Gasteiger partial charge in [0.05, 0.1) is 0 Å². The van der Waals surface area contributed by atoms with Crippen LogP contribution < -0.4 is 16.0 Å². The molecule has 0 aliphatic heterocycles. The van der Waals surface area contributed by atoms with E-state index in [9.17, 15) is 4.79 Å². The minimum absolute atomic E-state index is 0.396. The topological polar surface area (TPSA) is 71.0 Å². The van der Waals surface area contributed by atoms with Crippen LogP contribution in [-0.2, 0) is 0 Å². The van der Waals surface area contributed by atoms with Gasteiger partial charge in [-0.15, -0.1) is 5.10 Å². The molecule has 3 aromatic carbocycles. The quantitative estimate of drug-likeness (QED) is 0.376. The number of nitrogens with one attached hydrogen (secondary N) is 3. The number of benzene rings is 3. The zero-order valence-electron chi connectivity index (χ0n) is 15.3. The number of nitrogens with zero attached hydrogens (tertiary/aromatic N) is 2. The zero-order valence-corrected chi connectivity index (χ0v) is 16.1. The minimum atomic E-state index is -0.396. The van der Waals surface area contributed by atoms with Gasteiger partial charge in [0.25, 0.3) is 0 Å². The van der Waals surface area contributed by atoms with E-state index < -0.39 is 6.03 Å². The van der Waals surface area contributed by atoms with Crippen LogP contribution in [-0.4, -0.2) is 15.8 Å². The smallest absolute Gasteiger partial charge is 0.340 e. The number of amides is 1. The molecule has 0 aliphatic rings. The van der Waals surface area contributed by atoms with Gasteiger partial charge in [0.15, 0.2) is 5.82 Å². The third-order valence-electron chi connectivity index (χ3n) is 4.09. The number of aromatic nitrogens is 2. The maximum absolute atomic E-state index is 12.9. The molecule has 4 aromatic rings. The molecule has 1 amide bonds. The van der Waals surface area contributed by atoms with Gasteiger partial charge in [-0.05, 0) is 48.5 Å². The first-order chi connectivity index (χ1) is 14.2. The Labute approximate surface area is 173 Å². The van der Waals surface area contributed by atoms with Gasteiger partial charge in [-0.3, -0.25) is 0 Å². The highest BCUT2D eigenvalue weighted by atomic mass is 35.5. The van der Waals surface area contributed by atoms with Gasteiger partial charge < -0.3 is 16.0 Å². The lowest BCUT2D eigenvalue weighted by Gasteiger charge is -2.10. The van der Waals surface area contributed by atoms with Crippen molar-refractivity contribution in [2.45, 2.75) is 0 Å². The molecule has 0 unspecified atom stereocenters. The predicted octanol–water partition coefficient (Wildman–Crippen LogP) is 6.10. The third kappa shape index (κ3) is 4.75. The van der Waals surface area contributed by atoms with Gasteiger partial charge in [-0.2, -0.15) is 4.68 Å². The monoisotopic (exact) mass is 403 g/mol. The van der Waals surface area contributed by atoms with Crippen molar-refractivity contribution in [3.8, 4) is 0 Å². The highest BCUT2D eigenvalue weighted by Crippen LogP contribution is 2.23. The molecule has 0 saturated carbocycles. The number of rotatable bonds is 5. The standard InChI is InChI=1S/C22H18ClN5O/c23-16-11-13-19(14-12-16)26-22(29)28-21(25-18-9-5-2-6-10-18)15-20(27-28)24-17-7-3-1-4-8-17/h1-15,25H,(H,24,27)(H,26,29). The van der Waals surface area contributed by atoms with Gasteiger partial charge >= 0.3 is 6.03 Å². The van der Waals surface area contributed by atoms with Crippen molar-refractivity contribution in [1.29, 1.82) is 0 Å². The molecule has 0 radical (unpaired) electrons. The van der Waals surface area contributed by atoms with Gasteiger partial charge in [0, 0.05) is 28.2 Å². The fourth-order valence-corrected chi connectivity index (χ4v) is 2.86. The SMILES string of the molecule is O=C(Nc1ccc(Cl)cc1)n1nc(Nc2ccccc2)cc1Nc1ccccc1. The molecule has 0 bridgehead atoms. The lowest BCUT2D eigenvalue weighted by atomic mass is 10.3. The Morgan fingerprint density at radius 3 is 1.97 bits per heavy atom. The lowest BCUT2D eigenvalue weighted by Crippen LogP contribution is -2.22. The molecule has 0 fully saturated rings. The number of halogens is 1. The minimum Gasteiger partial charge on any atom is -0.340 e. The summed E-state index contributed by atoms with van der Waals surface area (Å²) in [6.45, 7) is 0. The molecule has 3 N–H and O–H groups in total. The first-order valence-corrected chi connectivity index (χ1v) is 9.36. The Morgan fingerprint density at radius 2 is 1.34 bits per heavy atom. The van der Waals surface area contributed by atoms with Crippen molar-refractivity contribution < 1.29 is 4.79 Å². The highest BCUT2D eigenvalue weighted by molar-refractivity contribution is 6.30. The number of hydrogen-bond acceptors (Lipinski definition) is 4. The third-order valence-corrected chi connectivity index (χ3v) is 4.34. The van der Waals surface area contributed by atoms with E-state index in [1.165, 1.54) is 4.68 Å². The summed E-state index contributed by atoms with van der Waals surface area (Å²) in [6.07, 6.45) is 0. The summed E-state index contributed by atoms with van der Waals surface area (Å²) >= 11 is 5.91. The second-order valence-electron chi connectivity index (χ2n) is 6.25. The first kappa shape index (κ1) is 18.6. The van der Waals surface area contributed by atoms with Crippen molar-refractivity contribution in [1.82, 2.24) is 9.78 Å². The van der Waals surface area contributed by atoms with Gasteiger partial charge in [0.2, 0.25) is 0 Å². The van der Waals surface area contributed by atoms with E-state index >= 15 is 0 Å². The maximum atomic E-state index is 12.9. The zero-order chi connectivity index (χ0) is 20.1. The average Bonchev–Trinajstić information content (AvgIpc) is 3.13. The molecule has 144 valence electrons. The van der Waals surface area contributed by atoms with Crippen molar-refractivity contribution in [3.63, 3.8) is 0 Å². The van der Waals surface area contributed by atoms with E-state index in [1.54, 1.807) is 30.3 Å². The lowest BCUT2D eigenvalue weighted by molar-refractivity contribution is 0.251. The molecule has 7 heteroatoms. The van der Waals surface area contributed by atoms with Gasteiger partial charge in [-0.25, -0.2) is 4.79 Å². The molecule has 6 nitrogen and oxygen atoms in total. The van der Waals surface area contributed by atoms with Crippen LogP contribution in [0.3, 0.4) is 0 Å². The van der Waals surface area contributed by atoms with E-state index in [0.717, 1.165) is 11.4 Å². The Kier molecular flexibility index (Phi) is 5.45. The molecule has 1 aromatic heterocycles. The predicted molar refractivity (Wildman–Crippen MR) is 118 cm³/mol. The number of anilines is 5. The van der Waals surface area contributed by atoms with E-state index in [-0.39, 0.29) is 0 Å². The normalized spacial score (nSPS) is 10.4. The summed E-state index contributed by atoms with van der Waals surface area (Å²) in [7, 11) is 0. The van der Waals surface area contributed by atoms with Crippen molar-refractivity contribution in [2.24, 2.45) is 0 Å². The summed E-state index contributed by atoms with van der Waals surface area (Å²) in [5.41, 5.74) is 2.35. The number of para-hydroxylation sites is 2. The molecule has 0 spiro atoms. The van der Waals surface area contributed by atoms with Crippen molar-refractivity contribution in [2.75, 3.05) is 16.0 Å². The number of carbonyl (C=O) groups excluding carboxylic acids is 1. The summed E-state index contributed by atoms with van der Waals surface area (Å²) in [6, 6.07) is 27.5. The van der Waals surface area contributed by atoms with E-state index in [0.29, 0.717) is 22.3 Å². The first-order valence-electron chi connectivity index (χ1n) is 8.98. The fraction of sp³-hybridized carbons (Fsp3) is 0. The second-order valence-corrected chi connectivity index (χ2v) is 6.68. The molecule has 0 atom stereocenters. The summed E-state index contributed by atoms with van der Waals surface area (Å²) in [5.74, 6) is 1.07. The van der Waals surface area contributed by atoms with Crippen LogP contribution in [0.2, 0.25) is 5.02 Å². The van der Waals surface area contributed by atoms with Crippen LogP contribution in [0.5, 0.6) is 0 Å². The summed E-state index contributed by atoms with van der Waals surface area (Å²) in [4.78, 5) is 12.9. The van der Waals surface area contributed by atoms with Crippen LogP contribution >= 0.6 is 11.6 Å². The van der Waals surface area contributed by atoms with E-state index in [2.05, 4.69) is 21.0 Å². The van der Waals surface area contributed by atoms with Crippen molar-refractivity contribution in [3.05, 3.63) is 96.0 Å². The largest absolute Gasteiger partial charge is 0.348 e.